The van der Waals surface area contributed by atoms with Gasteiger partial charge in [0.15, 0.2) is 0 Å². The van der Waals surface area contributed by atoms with Gasteiger partial charge in [-0.25, -0.2) is 4.79 Å². The summed E-state index contributed by atoms with van der Waals surface area (Å²) in [6, 6.07) is 6.03. The maximum absolute atomic E-state index is 12.5. The van der Waals surface area contributed by atoms with Crippen molar-refractivity contribution >= 4 is 17.6 Å². The number of carbonyl (C=O) groups is 2. The van der Waals surface area contributed by atoms with Crippen LogP contribution in [0.15, 0.2) is 18.2 Å². The quantitative estimate of drug-likeness (QED) is 0.787. The Morgan fingerprint density at radius 1 is 1.12 bits per heavy atom. The molecule has 1 aromatic carbocycles. The van der Waals surface area contributed by atoms with Gasteiger partial charge in [0, 0.05) is 24.7 Å². The Morgan fingerprint density at radius 2 is 1.75 bits per heavy atom. The van der Waals surface area contributed by atoms with Crippen molar-refractivity contribution < 1.29 is 9.59 Å². The second kappa shape index (κ2) is 8.18. The van der Waals surface area contributed by atoms with Crippen LogP contribution in [-0.2, 0) is 4.79 Å². The maximum Gasteiger partial charge on any atom is 0.319 e. The van der Waals surface area contributed by atoms with E-state index in [1.54, 1.807) is 0 Å². The lowest BCUT2D eigenvalue weighted by Gasteiger charge is -2.22. The highest BCUT2D eigenvalue weighted by Gasteiger charge is 2.20. The molecule has 0 aromatic heterocycles. The average molecular weight is 331 g/mol. The minimum absolute atomic E-state index is 0.0256. The molecule has 1 aliphatic rings. The van der Waals surface area contributed by atoms with Gasteiger partial charge in [-0.2, -0.15) is 0 Å². The highest BCUT2D eigenvalue weighted by Crippen LogP contribution is 2.32. The number of anilines is 1. The standard InChI is InChI=1S/C19H29N3O2/c1-12(2)15-6-5-7-16(13(3)4)18(15)22-19(24)21-14-8-9-17(23)20-11-10-14/h5-7,12-14H,8-11H2,1-4H3,(H,20,23)(H2,21,22,24). The molecule has 5 heteroatoms. The monoisotopic (exact) mass is 331 g/mol. The highest BCUT2D eigenvalue weighted by atomic mass is 16.2. The van der Waals surface area contributed by atoms with Gasteiger partial charge in [0.25, 0.3) is 0 Å². The third-order valence-electron chi connectivity index (χ3n) is 4.48. The van der Waals surface area contributed by atoms with Crippen LogP contribution in [0.3, 0.4) is 0 Å². The molecule has 1 atom stereocenters. The van der Waals surface area contributed by atoms with Crippen LogP contribution in [0.5, 0.6) is 0 Å². The molecule has 3 amide bonds. The highest BCUT2D eigenvalue weighted by molar-refractivity contribution is 5.91. The minimum atomic E-state index is -0.190. The first kappa shape index (κ1) is 18.3. The summed E-state index contributed by atoms with van der Waals surface area (Å²) in [5.41, 5.74) is 3.21. The normalized spacial score (nSPS) is 18.2. The second-order valence-corrected chi connectivity index (χ2v) is 7.09. The van der Waals surface area contributed by atoms with E-state index < -0.39 is 0 Å². The molecule has 0 radical (unpaired) electrons. The number of amides is 3. The van der Waals surface area contributed by atoms with Crippen molar-refractivity contribution in [2.75, 3.05) is 11.9 Å². The predicted octanol–water partition coefficient (Wildman–Crippen LogP) is 3.72. The molecule has 1 aliphatic heterocycles. The molecule has 1 unspecified atom stereocenters. The first-order valence-corrected chi connectivity index (χ1v) is 8.85. The third-order valence-corrected chi connectivity index (χ3v) is 4.48. The van der Waals surface area contributed by atoms with Gasteiger partial charge in [-0.15, -0.1) is 0 Å². The summed E-state index contributed by atoms with van der Waals surface area (Å²) in [6.07, 6.45) is 1.91. The molecular formula is C19H29N3O2. The minimum Gasteiger partial charge on any atom is -0.356 e. The Bertz CT molecular complexity index is 570. The van der Waals surface area contributed by atoms with E-state index in [0.29, 0.717) is 31.2 Å². The average Bonchev–Trinajstić information content (AvgIpc) is 2.71. The Morgan fingerprint density at radius 3 is 2.33 bits per heavy atom. The fourth-order valence-corrected chi connectivity index (χ4v) is 3.10. The van der Waals surface area contributed by atoms with E-state index in [1.807, 2.05) is 0 Å². The van der Waals surface area contributed by atoms with Crippen molar-refractivity contribution in [3.63, 3.8) is 0 Å². The number of benzene rings is 1. The molecule has 24 heavy (non-hydrogen) atoms. The topological polar surface area (TPSA) is 70.2 Å². The fourth-order valence-electron chi connectivity index (χ4n) is 3.10. The summed E-state index contributed by atoms with van der Waals surface area (Å²) in [5.74, 6) is 0.726. The SMILES string of the molecule is CC(C)c1cccc(C(C)C)c1NC(=O)NC1CCNC(=O)CC1. The Hall–Kier alpha value is -2.04. The Labute approximate surface area is 144 Å². The van der Waals surface area contributed by atoms with Crippen LogP contribution in [0, 0.1) is 0 Å². The summed E-state index contributed by atoms with van der Waals surface area (Å²) in [5, 5.41) is 8.92. The zero-order chi connectivity index (χ0) is 17.7. The van der Waals surface area contributed by atoms with Crippen LogP contribution < -0.4 is 16.0 Å². The lowest BCUT2D eigenvalue weighted by molar-refractivity contribution is -0.120. The molecule has 2 rings (SSSR count). The lowest BCUT2D eigenvalue weighted by Crippen LogP contribution is -2.38. The smallest absolute Gasteiger partial charge is 0.319 e. The Kier molecular flexibility index (Phi) is 6.23. The molecule has 1 aromatic rings. The zero-order valence-corrected chi connectivity index (χ0v) is 15.1. The first-order valence-electron chi connectivity index (χ1n) is 8.85. The van der Waals surface area contributed by atoms with Gasteiger partial charge in [0.1, 0.15) is 0 Å². The number of urea groups is 1. The van der Waals surface area contributed by atoms with Crippen molar-refractivity contribution in [1.29, 1.82) is 0 Å². The van der Waals surface area contributed by atoms with Crippen LogP contribution in [0.25, 0.3) is 0 Å². The number of nitrogens with one attached hydrogen (secondary N) is 3. The summed E-state index contributed by atoms with van der Waals surface area (Å²) < 4.78 is 0. The molecule has 132 valence electrons. The van der Waals surface area contributed by atoms with Gasteiger partial charge in [-0.3, -0.25) is 4.79 Å². The van der Waals surface area contributed by atoms with Crippen molar-refractivity contribution in [3.8, 4) is 0 Å². The van der Waals surface area contributed by atoms with Crippen molar-refractivity contribution in [2.45, 2.75) is 64.8 Å². The second-order valence-electron chi connectivity index (χ2n) is 7.09. The molecule has 0 saturated carbocycles. The van der Waals surface area contributed by atoms with Crippen molar-refractivity contribution in [3.05, 3.63) is 29.3 Å². The summed E-state index contributed by atoms with van der Waals surface area (Å²) in [7, 11) is 0. The lowest BCUT2D eigenvalue weighted by atomic mass is 9.93. The number of rotatable bonds is 4. The van der Waals surface area contributed by atoms with Crippen LogP contribution in [0.4, 0.5) is 10.5 Å². The number of carbonyl (C=O) groups excluding carboxylic acids is 2. The van der Waals surface area contributed by atoms with Gasteiger partial charge < -0.3 is 16.0 Å². The summed E-state index contributed by atoms with van der Waals surface area (Å²) >= 11 is 0. The van der Waals surface area contributed by atoms with E-state index in [2.05, 4.69) is 61.8 Å². The van der Waals surface area contributed by atoms with Gasteiger partial charge in [0.2, 0.25) is 5.91 Å². The van der Waals surface area contributed by atoms with E-state index in [0.717, 1.165) is 23.2 Å². The maximum atomic E-state index is 12.5. The molecule has 5 nitrogen and oxygen atoms in total. The molecule has 0 spiro atoms. The van der Waals surface area contributed by atoms with E-state index in [-0.39, 0.29) is 18.0 Å². The molecular weight excluding hydrogens is 302 g/mol. The van der Waals surface area contributed by atoms with E-state index in [9.17, 15) is 9.59 Å². The zero-order valence-electron chi connectivity index (χ0n) is 15.1. The number of hydrogen-bond acceptors (Lipinski definition) is 2. The molecule has 1 saturated heterocycles. The number of para-hydroxylation sites is 1. The molecule has 3 N–H and O–H groups in total. The largest absolute Gasteiger partial charge is 0.356 e. The molecule has 1 fully saturated rings. The molecule has 0 aliphatic carbocycles. The Balaban J connectivity index is 2.11. The molecule has 0 bridgehead atoms. The summed E-state index contributed by atoms with van der Waals surface area (Å²) in [4.78, 5) is 23.9. The van der Waals surface area contributed by atoms with E-state index >= 15 is 0 Å². The van der Waals surface area contributed by atoms with Crippen molar-refractivity contribution in [1.82, 2.24) is 10.6 Å². The van der Waals surface area contributed by atoms with Crippen LogP contribution in [0.1, 0.15) is 69.9 Å². The fraction of sp³-hybridized carbons (Fsp3) is 0.579. The van der Waals surface area contributed by atoms with Gasteiger partial charge in [-0.1, -0.05) is 45.9 Å². The first-order chi connectivity index (χ1) is 11.4. The number of hydrogen-bond donors (Lipinski definition) is 3. The van der Waals surface area contributed by atoms with Crippen LogP contribution in [-0.4, -0.2) is 24.5 Å². The van der Waals surface area contributed by atoms with Gasteiger partial charge >= 0.3 is 6.03 Å². The van der Waals surface area contributed by atoms with Gasteiger partial charge in [0.05, 0.1) is 0 Å². The predicted molar refractivity (Wildman–Crippen MR) is 97.4 cm³/mol. The third kappa shape index (κ3) is 4.73. The summed E-state index contributed by atoms with van der Waals surface area (Å²) in [6.45, 7) is 9.13. The van der Waals surface area contributed by atoms with E-state index in [4.69, 9.17) is 0 Å². The van der Waals surface area contributed by atoms with Crippen LogP contribution in [0.2, 0.25) is 0 Å². The van der Waals surface area contributed by atoms with E-state index in [1.165, 1.54) is 0 Å². The van der Waals surface area contributed by atoms with Crippen molar-refractivity contribution in [2.24, 2.45) is 0 Å². The molecule has 1 heterocycles. The van der Waals surface area contributed by atoms with Crippen LogP contribution >= 0.6 is 0 Å². The van der Waals surface area contributed by atoms with Gasteiger partial charge in [-0.05, 0) is 35.8 Å².